The number of hydrogen-bond donors (Lipinski definition) is 2. The fourth-order valence-electron chi connectivity index (χ4n) is 0.884. The van der Waals surface area contributed by atoms with E-state index in [9.17, 15) is 4.39 Å². The summed E-state index contributed by atoms with van der Waals surface area (Å²) < 4.78 is 12.6. The largest absolute Gasteiger partial charge is 0.346 e. The molecule has 3 nitrogen and oxygen atoms in total. The molecule has 0 aliphatic rings. The van der Waals surface area contributed by atoms with E-state index in [1.807, 2.05) is 21.2 Å². The summed E-state index contributed by atoms with van der Waals surface area (Å²) in [4.78, 5) is 3.83. The van der Waals surface area contributed by atoms with Crippen LogP contribution in [0.4, 0.5) is 10.2 Å². The molecule has 1 rings (SSSR count). The van der Waals surface area contributed by atoms with Gasteiger partial charge >= 0.3 is 0 Å². The van der Waals surface area contributed by atoms with Gasteiger partial charge in [0.2, 0.25) is 0 Å². The lowest BCUT2D eigenvalue weighted by atomic mass is 10.2. The second-order valence-corrected chi connectivity index (χ2v) is 4.69. The highest BCUT2D eigenvalue weighted by atomic mass is 127. The van der Waals surface area contributed by atoms with Gasteiger partial charge in [0, 0.05) is 27.4 Å². The third-order valence-electron chi connectivity index (χ3n) is 1.77. The average molecular weight is 361 g/mol. The molecule has 0 saturated carbocycles. The van der Waals surface area contributed by atoms with Crippen molar-refractivity contribution in [1.82, 2.24) is 4.98 Å². The zero-order chi connectivity index (χ0) is 12.7. The summed E-state index contributed by atoms with van der Waals surface area (Å²) in [6.07, 6.45) is 2.75. The molecule has 0 amide bonds. The fraction of sp³-hybridized carbons (Fsp3) is 0.0909. The Labute approximate surface area is 115 Å². The van der Waals surface area contributed by atoms with Crippen molar-refractivity contribution < 1.29 is 4.39 Å². The highest BCUT2D eigenvalue weighted by Gasteiger charge is 1.96. The lowest BCUT2D eigenvalue weighted by Gasteiger charge is -2.01. The minimum absolute atomic E-state index is 0.240. The van der Waals surface area contributed by atoms with Crippen molar-refractivity contribution in [2.45, 2.75) is 6.92 Å². The highest BCUT2D eigenvalue weighted by molar-refractivity contribution is 14.2. The van der Waals surface area contributed by atoms with Crippen LogP contribution in [0.15, 0.2) is 30.1 Å². The van der Waals surface area contributed by atoms with E-state index in [4.69, 9.17) is 5.41 Å². The van der Waals surface area contributed by atoms with Gasteiger partial charge in [-0.2, -0.15) is 0 Å². The van der Waals surface area contributed by atoms with E-state index in [2.05, 4.69) is 21.5 Å². The maximum absolute atomic E-state index is 12.6. The predicted molar refractivity (Wildman–Crippen MR) is 78.7 cm³/mol. The Bertz CT molecular complexity index is 488. The summed E-state index contributed by atoms with van der Waals surface area (Å²) in [5, 5.41) is 13.2. The molecule has 6 heteroatoms. The molecule has 1 aromatic rings. The molecular formula is C11H9FIN3S. The Hall–Kier alpha value is -1.07. The number of hydrogen-bond acceptors (Lipinski definition) is 4. The number of aromatic nitrogens is 1. The topological polar surface area (TPSA) is 48.8 Å². The third-order valence-corrected chi connectivity index (χ3v) is 2.61. The second kappa shape index (κ2) is 7.29. The highest BCUT2D eigenvalue weighted by Crippen LogP contribution is 2.08. The van der Waals surface area contributed by atoms with Crippen molar-refractivity contribution >= 4 is 41.7 Å². The second-order valence-electron chi connectivity index (χ2n) is 3.01. The molecule has 0 bridgehead atoms. The first-order valence-corrected chi connectivity index (χ1v) is 7.92. The SMILES string of the molecule is C/C(=C/Nc1ccc(F)cn1)C(=N)C#CSI. The average Bonchev–Trinajstić information content (AvgIpc) is 2.34. The summed E-state index contributed by atoms with van der Waals surface area (Å²) in [7, 11) is 1.33. The molecule has 0 aliphatic heterocycles. The number of nitrogens with one attached hydrogen (secondary N) is 2. The molecule has 88 valence electrons. The molecule has 0 unspecified atom stereocenters. The predicted octanol–water partition coefficient (Wildman–Crippen LogP) is 3.60. The summed E-state index contributed by atoms with van der Waals surface area (Å²) in [5.41, 5.74) is 0.929. The molecule has 0 saturated heterocycles. The van der Waals surface area contributed by atoms with E-state index in [0.717, 1.165) is 6.20 Å². The van der Waals surface area contributed by atoms with Gasteiger partial charge in [-0.1, -0.05) is 0 Å². The van der Waals surface area contributed by atoms with Gasteiger partial charge in [-0.3, -0.25) is 5.41 Å². The molecule has 1 heterocycles. The number of rotatable bonds is 3. The monoisotopic (exact) mass is 361 g/mol. The minimum Gasteiger partial charge on any atom is -0.346 e. The van der Waals surface area contributed by atoms with Crippen LogP contribution < -0.4 is 5.32 Å². The van der Waals surface area contributed by atoms with E-state index in [-0.39, 0.29) is 11.5 Å². The zero-order valence-corrected chi connectivity index (χ0v) is 11.9. The van der Waals surface area contributed by atoms with Gasteiger partial charge in [-0.05, 0) is 44.7 Å². The fourth-order valence-corrected chi connectivity index (χ4v) is 1.36. The number of allylic oxidation sites excluding steroid dienone is 1. The number of halogens is 2. The van der Waals surface area contributed by atoms with Gasteiger partial charge < -0.3 is 5.32 Å². The van der Waals surface area contributed by atoms with Gasteiger partial charge in [0.15, 0.2) is 0 Å². The van der Waals surface area contributed by atoms with Crippen molar-refractivity contribution in [3.05, 3.63) is 35.9 Å². The normalized spacial score (nSPS) is 10.4. The number of nitrogens with zero attached hydrogens (tertiary/aromatic N) is 1. The smallest absolute Gasteiger partial charge is 0.141 e. The molecule has 0 fully saturated rings. The lowest BCUT2D eigenvalue weighted by Crippen LogP contribution is -1.99. The Morgan fingerprint density at radius 3 is 3.00 bits per heavy atom. The number of pyridine rings is 1. The first kappa shape index (κ1) is 14.0. The summed E-state index contributed by atoms with van der Waals surface area (Å²) >= 11 is 2.04. The van der Waals surface area contributed by atoms with E-state index in [1.54, 1.807) is 13.1 Å². The molecule has 0 aliphatic carbocycles. The van der Waals surface area contributed by atoms with Crippen LogP contribution >= 0.6 is 30.1 Å². The Kier molecular flexibility index (Phi) is 6.00. The van der Waals surface area contributed by atoms with Crippen LogP contribution in [0.3, 0.4) is 0 Å². The molecule has 0 radical (unpaired) electrons. The molecule has 0 atom stereocenters. The molecule has 1 aromatic heterocycles. The maximum Gasteiger partial charge on any atom is 0.141 e. The molecule has 0 aromatic carbocycles. The van der Waals surface area contributed by atoms with Crippen molar-refractivity contribution in [3.63, 3.8) is 0 Å². The molecular weight excluding hydrogens is 352 g/mol. The van der Waals surface area contributed by atoms with E-state index >= 15 is 0 Å². The van der Waals surface area contributed by atoms with E-state index in [0.29, 0.717) is 11.4 Å². The van der Waals surface area contributed by atoms with Crippen molar-refractivity contribution in [2.24, 2.45) is 0 Å². The van der Waals surface area contributed by atoms with Gasteiger partial charge in [0.25, 0.3) is 0 Å². The Morgan fingerprint density at radius 1 is 1.65 bits per heavy atom. The van der Waals surface area contributed by atoms with Crippen molar-refractivity contribution in [1.29, 1.82) is 5.41 Å². The van der Waals surface area contributed by atoms with E-state index < -0.39 is 0 Å². The van der Waals surface area contributed by atoms with E-state index in [1.165, 1.54) is 21.1 Å². The Morgan fingerprint density at radius 2 is 2.41 bits per heavy atom. The quantitative estimate of drug-likeness (QED) is 0.491. The van der Waals surface area contributed by atoms with Gasteiger partial charge in [0.1, 0.15) is 17.3 Å². The van der Waals surface area contributed by atoms with Crippen LogP contribution in [0.5, 0.6) is 0 Å². The summed E-state index contributed by atoms with van der Waals surface area (Å²) in [6.45, 7) is 1.77. The first-order valence-electron chi connectivity index (χ1n) is 4.56. The maximum atomic E-state index is 12.6. The van der Waals surface area contributed by atoms with Gasteiger partial charge in [-0.15, -0.1) is 0 Å². The van der Waals surface area contributed by atoms with Crippen LogP contribution in [-0.4, -0.2) is 10.7 Å². The van der Waals surface area contributed by atoms with Gasteiger partial charge in [0.05, 0.1) is 6.20 Å². The summed E-state index contributed by atoms with van der Waals surface area (Å²) in [6, 6.07) is 2.84. The van der Waals surface area contributed by atoms with Crippen molar-refractivity contribution in [2.75, 3.05) is 5.32 Å². The van der Waals surface area contributed by atoms with Crippen LogP contribution in [0, 0.1) is 22.4 Å². The summed E-state index contributed by atoms with van der Waals surface area (Å²) in [5.74, 6) is 2.82. The molecule has 0 spiro atoms. The van der Waals surface area contributed by atoms with Crippen LogP contribution in [-0.2, 0) is 0 Å². The molecule has 2 N–H and O–H groups in total. The van der Waals surface area contributed by atoms with Crippen molar-refractivity contribution in [3.8, 4) is 11.2 Å². The lowest BCUT2D eigenvalue weighted by molar-refractivity contribution is 0.622. The zero-order valence-electron chi connectivity index (χ0n) is 8.92. The van der Waals surface area contributed by atoms with Gasteiger partial charge in [-0.25, -0.2) is 9.37 Å². The number of anilines is 1. The third kappa shape index (κ3) is 5.19. The molecule has 17 heavy (non-hydrogen) atoms. The standard InChI is InChI=1S/C11H9FIN3S/c1-8(10(14)4-5-17-13)6-15-11-3-2-9(12)7-16-11/h2-3,6-7,14H,1H3,(H,15,16)/b8-6-,14-10?. The van der Waals surface area contributed by atoms with Crippen LogP contribution in [0.2, 0.25) is 0 Å². The first-order chi connectivity index (χ1) is 8.13. The minimum atomic E-state index is -0.381. The van der Waals surface area contributed by atoms with Crippen LogP contribution in [0.25, 0.3) is 0 Å². The van der Waals surface area contributed by atoms with Crippen LogP contribution in [0.1, 0.15) is 6.92 Å². The Balaban J connectivity index is 2.64.